The van der Waals surface area contributed by atoms with Gasteiger partial charge in [-0.1, -0.05) is 26.2 Å². The highest BCUT2D eigenvalue weighted by atomic mass is 16.5. The highest BCUT2D eigenvalue weighted by Gasteiger charge is 2.21. The summed E-state index contributed by atoms with van der Waals surface area (Å²) < 4.78 is 5.56. The molecule has 0 bridgehead atoms. The van der Waals surface area contributed by atoms with Crippen molar-refractivity contribution >= 4 is 0 Å². The average molecular weight is 227 g/mol. The lowest BCUT2D eigenvalue weighted by Crippen LogP contribution is -2.38. The minimum atomic E-state index is 0.358. The van der Waals surface area contributed by atoms with Crippen LogP contribution in [-0.2, 0) is 4.74 Å². The Kier molecular flexibility index (Phi) is 7.06. The third kappa shape index (κ3) is 5.31. The zero-order chi connectivity index (χ0) is 11.8. The van der Waals surface area contributed by atoms with Gasteiger partial charge in [-0.15, -0.1) is 0 Å². The summed E-state index contributed by atoms with van der Waals surface area (Å²) in [6.07, 6.45) is 8.79. The van der Waals surface area contributed by atoms with Crippen molar-refractivity contribution in [2.24, 2.45) is 5.92 Å². The summed E-state index contributed by atoms with van der Waals surface area (Å²) in [6.45, 7) is 8.35. The topological polar surface area (TPSA) is 21.3 Å². The lowest BCUT2D eigenvalue weighted by atomic mass is 9.83. The van der Waals surface area contributed by atoms with Crippen molar-refractivity contribution < 1.29 is 4.74 Å². The normalized spacial score (nSPS) is 20.2. The van der Waals surface area contributed by atoms with Gasteiger partial charge in [0.2, 0.25) is 0 Å². The number of rotatable bonds is 7. The first-order valence-electron chi connectivity index (χ1n) is 7.09. The minimum absolute atomic E-state index is 0.358. The fraction of sp³-hybridized carbons (Fsp3) is 1.00. The van der Waals surface area contributed by atoms with Gasteiger partial charge >= 0.3 is 0 Å². The van der Waals surface area contributed by atoms with Gasteiger partial charge in [0.15, 0.2) is 0 Å². The van der Waals surface area contributed by atoms with Crippen molar-refractivity contribution in [3.63, 3.8) is 0 Å². The second-order valence-corrected chi connectivity index (χ2v) is 5.29. The Morgan fingerprint density at radius 2 is 1.88 bits per heavy atom. The molecule has 0 radical (unpaired) electrons. The Morgan fingerprint density at radius 1 is 1.19 bits per heavy atom. The minimum Gasteiger partial charge on any atom is -0.377 e. The second kappa shape index (κ2) is 8.08. The standard InChI is InChI=1S/C14H29NO/c1-4-14(13-8-6-5-7-9-13)15-10-11-16-12(2)3/h12-15H,4-11H2,1-3H3. The highest BCUT2D eigenvalue weighted by Crippen LogP contribution is 2.27. The average Bonchev–Trinajstić information content (AvgIpc) is 2.30. The lowest BCUT2D eigenvalue weighted by molar-refractivity contribution is 0.0770. The van der Waals surface area contributed by atoms with E-state index in [-0.39, 0.29) is 0 Å². The van der Waals surface area contributed by atoms with Crippen LogP contribution in [-0.4, -0.2) is 25.3 Å². The van der Waals surface area contributed by atoms with E-state index in [0.717, 1.165) is 25.1 Å². The molecule has 16 heavy (non-hydrogen) atoms. The first kappa shape index (κ1) is 14.0. The fourth-order valence-electron chi connectivity index (χ4n) is 2.72. The van der Waals surface area contributed by atoms with Gasteiger partial charge in [-0.3, -0.25) is 0 Å². The van der Waals surface area contributed by atoms with Gasteiger partial charge in [0.1, 0.15) is 0 Å². The quantitative estimate of drug-likeness (QED) is 0.673. The van der Waals surface area contributed by atoms with Gasteiger partial charge < -0.3 is 10.1 Å². The van der Waals surface area contributed by atoms with Crippen molar-refractivity contribution in [2.75, 3.05) is 13.2 Å². The largest absolute Gasteiger partial charge is 0.377 e. The Hall–Kier alpha value is -0.0800. The van der Waals surface area contributed by atoms with E-state index >= 15 is 0 Å². The Balaban J connectivity index is 2.15. The molecular weight excluding hydrogens is 198 g/mol. The van der Waals surface area contributed by atoms with Crippen LogP contribution in [0.2, 0.25) is 0 Å². The van der Waals surface area contributed by atoms with Gasteiger partial charge in [-0.05, 0) is 39.0 Å². The van der Waals surface area contributed by atoms with Gasteiger partial charge in [0, 0.05) is 12.6 Å². The molecule has 1 fully saturated rings. The lowest BCUT2D eigenvalue weighted by Gasteiger charge is -2.30. The maximum atomic E-state index is 5.56. The molecule has 0 amide bonds. The molecule has 0 aliphatic heterocycles. The van der Waals surface area contributed by atoms with Crippen LogP contribution in [0.15, 0.2) is 0 Å². The number of hydrogen-bond acceptors (Lipinski definition) is 2. The molecule has 0 aromatic rings. The van der Waals surface area contributed by atoms with E-state index in [0.29, 0.717) is 6.10 Å². The molecular formula is C14H29NO. The summed E-state index contributed by atoms with van der Waals surface area (Å²) in [5.74, 6) is 0.915. The van der Waals surface area contributed by atoms with E-state index in [2.05, 4.69) is 26.1 Å². The predicted octanol–water partition coefficient (Wildman–Crippen LogP) is 3.36. The van der Waals surface area contributed by atoms with Gasteiger partial charge in [-0.2, -0.15) is 0 Å². The summed E-state index contributed by atoms with van der Waals surface area (Å²) >= 11 is 0. The van der Waals surface area contributed by atoms with Gasteiger partial charge in [0.25, 0.3) is 0 Å². The van der Waals surface area contributed by atoms with Crippen molar-refractivity contribution in [1.29, 1.82) is 0 Å². The molecule has 2 nitrogen and oxygen atoms in total. The molecule has 0 spiro atoms. The molecule has 0 heterocycles. The Morgan fingerprint density at radius 3 is 2.44 bits per heavy atom. The van der Waals surface area contributed by atoms with E-state index in [4.69, 9.17) is 4.74 Å². The molecule has 1 saturated carbocycles. The van der Waals surface area contributed by atoms with E-state index in [9.17, 15) is 0 Å². The summed E-state index contributed by atoms with van der Waals surface area (Å²) in [5, 5.41) is 3.67. The van der Waals surface area contributed by atoms with Crippen LogP contribution < -0.4 is 5.32 Å². The molecule has 2 heteroatoms. The Labute approximate surface area is 101 Å². The third-order valence-electron chi connectivity index (χ3n) is 3.62. The smallest absolute Gasteiger partial charge is 0.0594 e. The molecule has 1 atom stereocenters. The van der Waals surface area contributed by atoms with Crippen LogP contribution >= 0.6 is 0 Å². The number of ether oxygens (including phenoxy) is 1. The van der Waals surface area contributed by atoms with E-state index in [1.165, 1.54) is 38.5 Å². The highest BCUT2D eigenvalue weighted by molar-refractivity contribution is 4.78. The summed E-state index contributed by atoms with van der Waals surface area (Å²) in [7, 11) is 0. The zero-order valence-electron chi connectivity index (χ0n) is 11.3. The third-order valence-corrected chi connectivity index (χ3v) is 3.62. The molecule has 1 rings (SSSR count). The Bertz CT molecular complexity index is 164. The molecule has 1 N–H and O–H groups in total. The fourth-order valence-corrected chi connectivity index (χ4v) is 2.72. The van der Waals surface area contributed by atoms with E-state index in [1.54, 1.807) is 0 Å². The van der Waals surface area contributed by atoms with Crippen LogP contribution in [0.4, 0.5) is 0 Å². The predicted molar refractivity (Wildman–Crippen MR) is 69.7 cm³/mol. The van der Waals surface area contributed by atoms with Crippen molar-refractivity contribution in [2.45, 2.75) is 71.4 Å². The molecule has 1 aliphatic rings. The van der Waals surface area contributed by atoms with Crippen LogP contribution in [0.1, 0.15) is 59.3 Å². The van der Waals surface area contributed by atoms with Crippen LogP contribution in [0.25, 0.3) is 0 Å². The number of nitrogens with one attached hydrogen (secondary N) is 1. The second-order valence-electron chi connectivity index (χ2n) is 5.29. The molecule has 1 aliphatic carbocycles. The van der Waals surface area contributed by atoms with Crippen molar-refractivity contribution in [1.82, 2.24) is 5.32 Å². The van der Waals surface area contributed by atoms with Crippen molar-refractivity contribution in [3.8, 4) is 0 Å². The first-order chi connectivity index (χ1) is 7.74. The molecule has 0 aromatic carbocycles. The SMILES string of the molecule is CCC(NCCOC(C)C)C1CCCCC1. The first-order valence-corrected chi connectivity index (χ1v) is 7.09. The monoisotopic (exact) mass is 227 g/mol. The van der Waals surface area contributed by atoms with Gasteiger partial charge in [0.05, 0.1) is 12.7 Å². The van der Waals surface area contributed by atoms with Crippen LogP contribution in [0.3, 0.4) is 0 Å². The molecule has 1 unspecified atom stereocenters. The van der Waals surface area contributed by atoms with E-state index < -0.39 is 0 Å². The summed E-state index contributed by atoms with van der Waals surface area (Å²) in [5.41, 5.74) is 0. The summed E-state index contributed by atoms with van der Waals surface area (Å²) in [4.78, 5) is 0. The maximum absolute atomic E-state index is 5.56. The van der Waals surface area contributed by atoms with E-state index in [1.807, 2.05) is 0 Å². The maximum Gasteiger partial charge on any atom is 0.0594 e. The van der Waals surface area contributed by atoms with Gasteiger partial charge in [-0.25, -0.2) is 0 Å². The van der Waals surface area contributed by atoms with Crippen molar-refractivity contribution in [3.05, 3.63) is 0 Å². The van der Waals surface area contributed by atoms with Crippen LogP contribution in [0, 0.1) is 5.92 Å². The molecule has 96 valence electrons. The number of hydrogen-bond donors (Lipinski definition) is 1. The zero-order valence-corrected chi connectivity index (χ0v) is 11.3. The summed E-state index contributed by atoms with van der Waals surface area (Å²) in [6, 6.07) is 0.719. The van der Waals surface area contributed by atoms with Crippen LogP contribution in [0.5, 0.6) is 0 Å². The molecule has 0 saturated heterocycles. The molecule has 0 aromatic heterocycles.